The molecule has 7 heteroatoms. The summed E-state index contributed by atoms with van der Waals surface area (Å²) in [7, 11) is 0. The molecule has 0 amide bonds. The molecule has 0 atom stereocenters. The third-order valence-electron chi connectivity index (χ3n) is 4.14. The normalized spacial score (nSPS) is 14.8. The van der Waals surface area contributed by atoms with E-state index in [1.165, 1.54) is 6.07 Å². The lowest BCUT2D eigenvalue weighted by molar-refractivity contribution is -0.137. The first-order valence-electron chi connectivity index (χ1n) is 7.60. The van der Waals surface area contributed by atoms with Crippen LogP contribution in [0, 0.1) is 0 Å². The summed E-state index contributed by atoms with van der Waals surface area (Å²) in [5.41, 5.74) is 0.779. The first-order chi connectivity index (χ1) is 11.8. The number of hydrogen-bond donors (Lipinski definition) is 2. The van der Waals surface area contributed by atoms with Crippen molar-refractivity contribution in [2.45, 2.75) is 25.4 Å². The molecule has 1 aliphatic rings. The Bertz CT molecular complexity index is 872. The topological polar surface area (TPSA) is 70.4 Å². The Labute approximate surface area is 141 Å². The lowest BCUT2D eigenvalue weighted by Gasteiger charge is -2.13. The maximum Gasteiger partial charge on any atom is 0.416 e. The zero-order chi connectivity index (χ0) is 18.2. The van der Waals surface area contributed by atoms with Gasteiger partial charge in [-0.3, -0.25) is 0 Å². The summed E-state index contributed by atoms with van der Waals surface area (Å²) in [6.45, 7) is 0. The third kappa shape index (κ3) is 3.35. The van der Waals surface area contributed by atoms with E-state index in [0.717, 1.165) is 18.2 Å². The van der Waals surface area contributed by atoms with Crippen LogP contribution in [0.5, 0.6) is 5.75 Å². The summed E-state index contributed by atoms with van der Waals surface area (Å²) < 4.78 is 38.9. The number of carboxylic acid groups (broad SMARTS) is 1. The molecule has 0 bridgehead atoms. The number of carboxylic acids is 1. The van der Waals surface area contributed by atoms with Crippen LogP contribution < -0.4 is 0 Å². The number of rotatable bonds is 3. The standard InChI is InChI=1S/C18H14F3NO3/c19-18(20,21)10-7-8-16(23)13(9-10)11-3-1-4-12(11)14-5-2-6-15(22-14)17(24)25/h2,5-9,23H,1,3-4H2,(H,24,25). The second kappa shape index (κ2) is 6.23. The van der Waals surface area contributed by atoms with Crippen molar-refractivity contribution in [1.82, 2.24) is 4.98 Å². The van der Waals surface area contributed by atoms with Crippen LogP contribution in [-0.4, -0.2) is 21.2 Å². The van der Waals surface area contributed by atoms with Crippen molar-refractivity contribution in [2.75, 3.05) is 0 Å². The molecule has 0 aliphatic heterocycles. The Morgan fingerprint density at radius 1 is 1.08 bits per heavy atom. The lowest BCUT2D eigenvalue weighted by Crippen LogP contribution is -2.05. The van der Waals surface area contributed by atoms with Gasteiger partial charge in [-0.1, -0.05) is 6.07 Å². The molecule has 2 N–H and O–H groups in total. The molecule has 1 heterocycles. The number of nitrogens with zero attached hydrogens (tertiary/aromatic N) is 1. The number of aromatic carboxylic acids is 1. The number of allylic oxidation sites excluding steroid dienone is 2. The van der Waals surface area contributed by atoms with Crippen LogP contribution in [0.3, 0.4) is 0 Å². The number of phenols is 1. The zero-order valence-electron chi connectivity index (χ0n) is 13.0. The molecule has 1 aromatic heterocycles. The van der Waals surface area contributed by atoms with E-state index in [-0.39, 0.29) is 17.0 Å². The fourth-order valence-corrected chi connectivity index (χ4v) is 3.00. The van der Waals surface area contributed by atoms with Crippen LogP contribution in [0.2, 0.25) is 0 Å². The van der Waals surface area contributed by atoms with E-state index in [0.29, 0.717) is 36.1 Å². The van der Waals surface area contributed by atoms with Gasteiger partial charge in [-0.25, -0.2) is 9.78 Å². The van der Waals surface area contributed by atoms with E-state index >= 15 is 0 Å². The van der Waals surface area contributed by atoms with E-state index in [1.54, 1.807) is 12.1 Å². The van der Waals surface area contributed by atoms with Crippen LogP contribution in [-0.2, 0) is 6.18 Å². The number of halogens is 3. The maximum atomic E-state index is 13.0. The smallest absolute Gasteiger partial charge is 0.416 e. The zero-order valence-corrected chi connectivity index (χ0v) is 13.0. The minimum Gasteiger partial charge on any atom is -0.507 e. The predicted octanol–water partition coefficient (Wildman–Crippen LogP) is 4.60. The highest BCUT2D eigenvalue weighted by molar-refractivity contribution is 5.94. The number of hydrogen-bond acceptors (Lipinski definition) is 3. The monoisotopic (exact) mass is 349 g/mol. The molecule has 2 aromatic rings. The van der Waals surface area contributed by atoms with Gasteiger partial charge in [0.1, 0.15) is 11.4 Å². The quantitative estimate of drug-likeness (QED) is 0.850. The van der Waals surface area contributed by atoms with Gasteiger partial charge in [0, 0.05) is 5.56 Å². The number of pyridine rings is 1. The van der Waals surface area contributed by atoms with E-state index in [2.05, 4.69) is 4.98 Å². The lowest BCUT2D eigenvalue weighted by atomic mass is 9.97. The Kier molecular flexibility index (Phi) is 4.24. The molecule has 1 aromatic carbocycles. The second-order valence-electron chi connectivity index (χ2n) is 5.75. The van der Waals surface area contributed by atoms with Crippen molar-refractivity contribution in [1.29, 1.82) is 0 Å². The van der Waals surface area contributed by atoms with Gasteiger partial charge in [-0.2, -0.15) is 13.2 Å². The van der Waals surface area contributed by atoms with Crippen molar-refractivity contribution in [3.05, 3.63) is 58.9 Å². The minimum atomic E-state index is -4.51. The molecule has 1 aliphatic carbocycles. The minimum absolute atomic E-state index is 0.116. The predicted molar refractivity (Wildman–Crippen MR) is 85.0 cm³/mol. The highest BCUT2D eigenvalue weighted by Gasteiger charge is 2.32. The van der Waals surface area contributed by atoms with Gasteiger partial charge >= 0.3 is 12.1 Å². The second-order valence-corrected chi connectivity index (χ2v) is 5.75. The third-order valence-corrected chi connectivity index (χ3v) is 4.14. The van der Waals surface area contributed by atoms with E-state index in [4.69, 9.17) is 5.11 Å². The number of aromatic nitrogens is 1. The van der Waals surface area contributed by atoms with Crippen LogP contribution in [0.25, 0.3) is 11.1 Å². The molecule has 0 unspecified atom stereocenters. The number of carbonyl (C=O) groups is 1. The van der Waals surface area contributed by atoms with Crippen molar-refractivity contribution < 1.29 is 28.2 Å². The first kappa shape index (κ1) is 17.0. The largest absolute Gasteiger partial charge is 0.507 e. The molecule has 3 rings (SSSR count). The Hall–Kier alpha value is -2.83. The van der Waals surface area contributed by atoms with Gasteiger partial charge in [0.05, 0.1) is 11.3 Å². The van der Waals surface area contributed by atoms with Crippen molar-refractivity contribution in [3.63, 3.8) is 0 Å². The summed E-state index contributed by atoms with van der Waals surface area (Å²) in [6.07, 6.45) is -2.77. The van der Waals surface area contributed by atoms with Crippen molar-refractivity contribution >= 4 is 17.1 Å². The summed E-state index contributed by atoms with van der Waals surface area (Å²) in [5, 5.41) is 19.1. The highest BCUT2D eigenvalue weighted by atomic mass is 19.4. The highest BCUT2D eigenvalue weighted by Crippen LogP contribution is 2.43. The SMILES string of the molecule is O=C(O)c1cccc(C2=C(c3cc(C(F)(F)F)ccc3O)CCC2)n1. The number of benzene rings is 1. The Balaban J connectivity index is 2.14. The molecule has 0 saturated heterocycles. The Morgan fingerprint density at radius 3 is 2.48 bits per heavy atom. The van der Waals surface area contributed by atoms with Crippen molar-refractivity contribution in [3.8, 4) is 5.75 Å². The van der Waals surface area contributed by atoms with Gasteiger partial charge < -0.3 is 10.2 Å². The molecule has 0 spiro atoms. The summed E-state index contributed by atoms with van der Waals surface area (Å²) in [4.78, 5) is 15.2. The number of alkyl halides is 3. The van der Waals surface area contributed by atoms with Gasteiger partial charge in [0.2, 0.25) is 0 Å². The maximum absolute atomic E-state index is 13.0. The number of phenolic OH excluding ortho intramolecular Hbond substituents is 1. The summed E-state index contributed by atoms with van der Waals surface area (Å²) >= 11 is 0. The average Bonchev–Trinajstić information content (AvgIpc) is 3.03. The molecule has 4 nitrogen and oxygen atoms in total. The first-order valence-corrected chi connectivity index (χ1v) is 7.60. The van der Waals surface area contributed by atoms with Gasteiger partial charge in [0.25, 0.3) is 0 Å². The van der Waals surface area contributed by atoms with Gasteiger partial charge in [0.15, 0.2) is 0 Å². The molecule has 25 heavy (non-hydrogen) atoms. The number of aromatic hydroxyl groups is 1. The van der Waals surface area contributed by atoms with Crippen LogP contribution in [0.4, 0.5) is 13.2 Å². The van der Waals surface area contributed by atoms with Crippen LogP contribution in [0.1, 0.15) is 46.6 Å². The van der Waals surface area contributed by atoms with Gasteiger partial charge in [-0.15, -0.1) is 0 Å². The average molecular weight is 349 g/mol. The fourth-order valence-electron chi connectivity index (χ4n) is 3.00. The molecular formula is C18H14F3NO3. The fraction of sp³-hybridized carbons (Fsp3) is 0.222. The van der Waals surface area contributed by atoms with Gasteiger partial charge in [-0.05, 0) is 60.7 Å². The van der Waals surface area contributed by atoms with Crippen LogP contribution >= 0.6 is 0 Å². The van der Waals surface area contributed by atoms with E-state index in [9.17, 15) is 23.1 Å². The molecule has 0 fully saturated rings. The Morgan fingerprint density at radius 2 is 1.80 bits per heavy atom. The molecular weight excluding hydrogens is 335 g/mol. The van der Waals surface area contributed by atoms with E-state index < -0.39 is 17.7 Å². The molecule has 130 valence electrons. The van der Waals surface area contributed by atoms with Crippen molar-refractivity contribution in [2.24, 2.45) is 0 Å². The summed E-state index contributed by atoms with van der Waals surface area (Å²) in [5.74, 6) is -1.42. The summed E-state index contributed by atoms with van der Waals surface area (Å²) in [6, 6.07) is 7.30. The molecule has 0 radical (unpaired) electrons. The van der Waals surface area contributed by atoms with E-state index in [1.807, 2.05) is 0 Å². The molecule has 0 saturated carbocycles. The van der Waals surface area contributed by atoms with Crippen LogP contribution in [0.15, 0.2) is 36.4 Å².